The number of urea groups is 1. The smallest absolute Gasteiger partial charge is 0.353 e. The Kier molecular flexibility index (Phi) is 5.53. The van der Waals surface area contributed by atoms with Gasteiger partial charge in [-0.25, -0.2) is 9.78 Å². The lowest BCUT2D eigenvalue weighted by atomic mass is 10.1. The normalized spacial score (nSPS) is 14.7. The molecule has 2 heterocycles. The van der Waals surface area contributed by atoms with Gasteiger partial charge in [-0.1, -0.05) is 12.1 Å². The Hall–Kier alpha value is -3.10. The molecule has 1 aliphatic rings. The number of carbonyl (C=O) groups is 2. The van der Waals surface area contributed by atoms with Gasteiger partial charge >= 0.3 is 12.2 Å². The maximum atomic E-state index is 12.6. The summed E-state index contributed by atoms with van der Waals surface area (Å²) in [5, 5.41) is 2.76. The third-order valence-electron chi connectivity index (χ3n) is 4.49. The molecule has 0 radical (unpaired) electrons. The lowest BCUT2D eigenvalue weighted by Gasteiger charge is -2.35. The summed E-state index contributed by atoms with van der Waals surface area (Å²) < 4.78 is 37.9. The van der Waals surface area contributed by atoms with Crippen molar-refractivity contribution in [2.24, 2.45) is 0 Å². The zero-order valence-corrected chi connectivity index (χ0v) is 15.2. The molecule has 1 aromatic heterocycles. The average molecular weight is 392 g/mol. The van der Waals surface area contributed by atoms with Crippen LogP contribution in [0.5, 0.6) is 0 Å². The van der Waals surface area contributed by atoms with E-state index in [4.69, 9.17) is 0 Å². The first-order valence-corrected chi connectivity index (χ1v) is 8.69. The number of nitrogens with one attached hydrogen (secondary N) is 1. The molecule has 0 bridgehead atoms. The summed E-state index contributed by atoms with van der Waals surface area (Å²) >= 11 is 0. The molecule has 0 saturated carbocycles. The molecule has 1 fully saturated rings. The first-order chi connectivity index (χ1) is 13.2. The van der Waals surface area contributed by atoms with Gasteiger partial charge in [0, 0.05) is 43.6 Å². The fourth-order valence-electron chi connectivity index (χ4n) is 2.90. The molecule has 28 heavy (non-hydrogen) atoms. The highest BCUT2D eigenvalue weighted by atomic mass is 19.4. The van der Waals surface area contributed by atoms with Crippen LogP contribution in [-0.2, 0) is 6.18 Å². The van der Waals surface area contributed by atoms with Crippen LogP contribution in [0.2, 0.25) is 0 Å². The molecule has 1 aromatic carbocycles. The summed E-state index contributed by atoms with van der Waals surface area (Å²) in [5.41, 5.74) is 0.252. The van der Waals surface area contributed by atoms with Gasteiger partial charge in [0.15, 0.2) is 5.78 Å². The Morgan fingerprint density at radius 1 is 1.07 bits per heavy atom. The van der Waals surface area contributed by atoms with E-state index in [-0.39, 0.29) is 11.8 Å². The highest BCUT2D eigenvalue weighted by molar-refractivity contribution is 5.96. The number of alkyl halides is 3. The average Bonchev–Trinajstić information content (AvgIpc) is 2.68. The van der Waals surface area contributed by atoms with Gasteiger partial charge in [-0.15, -0.1) is 0 Å². The van der Waals surface area contributed by atoms with E-state index in [0.29, 0.717) is 43.2 Å². The van der Waals surface area contributed by atoms with Crippen molar-refractivity contribution in [1.29, 1.82) is 0 Å². The standard InChI is InChI=1S/C19H19F3N4O2/c1-13(27)14-3-2-4-16(11-14)24-18(28)26-9-7-25(8-10-26)17-6-5-15(12-23-17)19(20,21)22/h2-6,11-12H,7-10H2,1H3,(H,24,28). The van der Waals surface area contributed by atoms with E-state index in [0.717, 1.165) is 12.3 Å². The van der Waals surface area contributed by atoms with Gasteiger partial charge in [0.2, 0.25) is 0 Å². The van der Waals surface area contributed by atoms with E-state index < -0.39 is 11.7 Å². The first-order valence-electron chi connectivity index (χ1n) is 8.69. The maximum absolute atomic E-state index is 12.6. The number of piperazine rings is 1. The highest BCUT2D eigenvalue weighted by Gasteiger charge is 2.31. The maximum Gasteiger partial charge on any atom is 0.417 e. The summed E-state index contributed by atoms with van der Waals surface area (Å²) in [7, 11) is 0. The van der Waals surface area contributed by atoms with Crippen LogP contribution >= 0.6 is 0 Å². The highest BCUT2D eigenvalue weighted by Crippen LogP contribution is 2.29. The molecule has 2 amide bonds. The van der Waals surface area contributed by atoms with E-state index >= 15 is 0 Å². The van der Waals surface area contributed by atoms with Crippen molar-refractivity contribution >= 4 is 23.3 Å². The van der Waals surface area contributed by atoms with Crippen molar-refractivity contribution in [2.45, 2.75) is 13.1 Å². The Bertz CT molecular complexity index is 860. The van der Waals surface area contributed by atoms with Gasteiger partial charge in [-0.05, 0) is 31.2 Å². The molecule has 1 N–H and O–H groups in total. The van der Waals surface area contributed by atoms with Gasteiger partial charge in [0.25, 0.3) is 0 Å². The van der Waals surface area contributed by atoms with Crippen molar-refractivity contribution in [2.75, 3.05) is 36.4 Å². The molecule has 1 saturated heterocycles. The molecule has 3 rings (SSSR count). The van der Waals surface area contributed by atoms with Crippen LogP contribution in [0, 0.1) is 0 Å². The number of anilines is 2. The molecular formula is C19H19F3N4O2. The van der Waals surface area contributed by atoms with Crippen LogP contribution in [0.1, 0.15) is 22.8 Å². The lowest BCUT2D eigenvalue weighted by molar-refractivity contribution is -0.137. The summed E-state index contributed by atoms with van der Waals surface area (Å²) in [4.78, 5) is 31.2. The van der Waals surface area contributed by atoms with E-state index in [1.54, 1.807) is 29.2 Å². The van der Waals surface area contributed by atoms with Crippen molar-refractivity contribution in [3.05, 3.63) is 53.7 Å². The van der Waals surface area contributed by atoms with Crippen molar-refractivity contribution < 1.29 is 22.8 Å². The van der Waals surface area contributed by atoms with Gasteiger partial charge in [0.1, 0.15) is 5.82 Å². The van der Waals surface area contributed by atoms with Gasteiger partial charge in [0.05, 0.1) is 5.56 Å². The number of rotatable bonds is 3. The Balaban J connectivity index is 1.57. The number of Topliss-reactive ketones (excluding diaryl/α,β-unsaturated/α-hetero) is 1. The molecular weight excluding hydrogens is 373 g/mol. The lowest BCUT2D eigenvalue weighted by Crippen LogP contribution is -2.50. The molecule has 0 unspecified atom stereocenters. The molecule has 0 aliphatic carbocycles. The molecule has 0 atom stereocenters. The van der Waals surface area contributed by atoms with Crippen LogP contribution < -0.4 is 10.2 Å². The van der Waals surface area contributed by atoms with Crippen molar-refractivity contribution in [3.63, 3.8) is 0 Å². The number of ketones is 1. The number of benzene rings is 1. The predicted molar refractivity (Wildman–Crippen MR) is 98.5 cm³/mol. The topological polar surface area (TPSA) is 65.5 Å². The number of halogens is 3. The summed E-state index contributed by atoms with van der Waals surface area (Å²) in [6.07, 6.45) is -3.60. The minimum atomic E-state index is -4.41. The van der Waals surface area contributed by atoms with Crippen LogP contribution in [0.4, 0.5) is 29.5 Å². The van der Waals surface area contributed by atoms with Crippen LogP contribution in [-0.4, -0.2) is 47.9 Å². The van der Waals surface area contributed by atoms with Gasteiger partial charge in [-0.3, -0.25) is 4.79 Å². The molecule has 148 valence electrons. The number of hydrogen-bond donors (Lipinski definition) is 1. The van der Waals surface area contributed by atoms with E-state index in [1.807, 2.05) is 4.90 Å². The first kappa shape index (κ1) is 19.7. The number of carbonyl (C=O) groups excluding carboxylic acids is 2. The number of hydrogen-bond acceptors (Lipinski definition) is 4. The van der Waals surface area contributed by atoms with Crippen molar-refractivity contribution in [3.8, 4) is 0 Å². The van der Waals surface area contributed by atoms with E-state index in [1.165, 1.54) is 13.0 Å². The Morgan fingerprint density at radius 3 is 2.36 bits per heavy atom. The summed E-state index contributed by atoms with van der Waals surface area (Å²) in [5.74, 6) is 0.357. The second-order valence-corrected chi connectivity index (χ2v) is 6.44. The quantitative estimate of drug-likeness (QED) is 0.810. The molecule has 9 heteroatoms. The molecule has 1 aliphatic heterocycles. The molecule has 2 aromatic rings. The Morgan fingerprint density at radius 2 is 1.79 bits per heavy atom. The zero-order chi connectivity index (χ0) is 20.3. The number of aromatic nitrogens is 1. The number of amides is 2. The monoisotopic (exact) mass is 392 g/mol. The second kappa shape index (κ2) is 7.87. The summed E-state index contributed by atoms with van der Waals surface area (Å²) in [6.45, 7) is 3.18. The van der Waals surface area contributed by atoms with Crippen LogP contribution in [0.25, 0.3) is 0 Å². The third kappa shape index (κ3) is 4.59. The molecule has 6 nitrogen and oxygen atoms in total. The Labute approximate surface area is 160 Å². The van der Waals surface area contributed by atoms with E-state index in [9.17, 15) is 22.8 Å². The summed E-state index contributed by atoms with van der Waals surface area (Å²) in [6, 6.07) is 8.74. The van der Waals surface area contributed by atoms with E-state index in [2.05, 4.69) is 10.3 Å². The van der Waals surface area contributed by atoms with Crippen molar-refractivity contribution in [1.82, 2.24) is 9.88 Å². The fourth-order valence-corrected chi connectivity index (χ4v) is 2.90. The second-order valence-electron chi connectivity index (χ2n) is 6.44. The van der Waals surface area contributed by atoms with Crippen LogP contribution in [0.15, 0.2) is 42.6 Å². The third-order valence-corrected chi connectivity index (χ3v) is 4.49. The molecule has 0 spiro atoms. The van der Waals surface area contributed by atoms with Crippen LogP contribution in [0.3, 0.4) is 0 Å². The SMILES string of the molecule is CC(=O)c1cccc(NC(=O)N2CCN(c3ccc(C(F)(F)F)cn3)CC2)c1. The minimum absolute atomic E-state index is 0.0891. The largest absolute Gasteiger partial charge is 0.417 e. The minimum Gasteiger partial charge on any atom is -0.353 e. The van der Waals surface area contributed by atoms with Gasteiger partial charge < -0.3 is 15.1 Å². The van der Waals surface area contributed by atoms with Gasteiger partial charge in [-0.2, -0.15) is 13.2 Å². The predicted octanol–water partition coefficient (Wildman–Crippen LogP) is 3.66. The number of pyridine rings is 1. The zero-order valence-electron chi connectivity index (χ0n) is 15.2. The number of nitrogens with zero attached hydrogens (tertiary/aromatic N) is 3. The fraction of sp³-hybridized carbons (Fsp3) is 0.316.